The van der Waals surface area contributed by atoms with Crippen LogP contribution in [0.3, 0.4) is 0 Å². The van der Waals surface area contributed by atoms with Gasteiger partial charge in [0.05, 0.1) is 11.8 Å². The molecule has 1 aromatic heterocycles. The fraction of sp³-hybridized carbons (Fsp3) is 0.125. The summed E-state index contributed by atoms with van der Waals surface area (Å²) in [7, 11) is 1.80. The Morgan fingerprint density at radius 3 is 2.10 bits per heavy atom. The van der Waals surface area contributed by atoms with Crippen LogP contribution in [0.2, 0.25) is 0 Å². The molecular weight excluding hydrogens is 413 g/mol. The molecule has 0 atom stereocenters. The molecule has 0 fully saturated rings. The topological polar surface area (TPSA) is 59.2 Å². The lowest BCUT2D eigenvalue weighted by Gasteiger charge is -2.29. The normalized spacial score (nSPS) is 10.9. The molecule has 4 aromatic rings. The zero-order valence-corrected chi connectivity index (χ0v) is 17.6. The van der Waals surface area contributed by atoms with Crippen molar-refractivity contribution in [3.63, 3.8) is 0 Å². The maximum atomic E-state index is 13.1. The van der Waals surface area contributed by atoms with E-state index < -0.39 is 0 Å². The molecule has 1 amide bonds. The van der Waals surface area contributed by atoms with Crippen LogP contribution in [0.5, 0.6) is 0 Å². The molecule has 4 rings (SSSR count). The summed E-state index contributed by atoms with van der Waals surface area (Å²) in [5.41, 5.74) is 2.69. The molecule has 0 radical (unpaired) electrons. The zero-order valence-electron chi connectivity index (χ0n) is 16.8. The molecule has 0 saturated heterocycles. The van der Waals surface area contributed by atoms with E-state index in [0.717, 1.165) is 11.1 Å². The highest BCUT2D eigenvalue weighted by molar-refractivity contribution is 7.99. The van der Waals surface area contributed by atoms with E-state index in [0.29, 0.717) is 5.56 Å². The van der Waals surface area contributed by atoms with E-state index in [1.54, 1.807) is 24.1 Å². The molecule has 0 saturated carbocycles. The predicted octanol–water partition coefficient (Wildman–Crippen LogP) is 5.22. The minimum atomic E-state index is -0.335. The molecule has 31 heavy (non-hydrogen) atoms. The number of halogens is 1. The van der Waals surface area contributed by atoms with Gasteiger partial charge in [0.25, 0.3) is 5.22 Å². The Morgan fingerprint density at radius 2 is 1.52 bits per heavy atom. The van der Waals surface area contributed by atoms with Crippen molar-refractivity contribution in [2.45, 2.75) is 11.3 Å². The molecular formula is C24H20FN3O2S. The van der Waals surface area contributed by atoms with Gasteiger partial charge in [0.15, 0.2) is 0 Å². The van der Waals surface area contributed by atoms with Crippen molar-refractivity contribution < 1.29 is 13.6 Å². The maximum absolute atomic E-state index is 13.1. The van der Waals surface area contributed by atoms with E-state index in [9.17, 15) is 9.18 Å². The highest BCUT2D eigenvalue weighted by Gasteiger charge is 2.24. The first-order chi connectivity index (χ1) is 15.1. The van der Waals surface area contributed by atoms with Crippen molar-refractivity contribution in [1.82, 2.24) is 15.1 Å². The number of hydrogen-bond acceptors (Lipinski definition) is 5. The van der Waals surface area contributed by atoms with Gasteiger partial charge in [-0.25, -0.2) is 4.39 Å². The monoisotopic (exact) mass is 433 g/mol. The van der Waals surface area contributed by atoms with Gasteiger partial charge in [-0.15, -0.1) is 10.2 Å². The third kappa shape index (κ3) is 5.00. The number of hydrogen-bond donors (Lipinski definition) is 0. The number of carbonyl (C=O) groups is 1. The molecule has 7 heteroatoms. The number of rotatable bonds is 7. The van der Waals surface area contributed by atoms with E-state index in [1.165, 1.54) is 23.9 Å². The van der Waals surface area contributed by atoms with E-state index >= 15 is 0 Å². The van der Waals surface area contributed by atoms with Crippen LogP contribution >= 0.6 is 11.8 Å². The van der Waals surface area contributed by atoms with E-state index in [-0.39, 0.29) is 34.6 Å². The Bertz CT molecular complexity index is 1090. The molecule has 1 heterocycles. The number of aromatic nitrogens is 2. The molecule has 0 aliphatic rings. The van der Waals surface area contributed by atoms with Crippen molar-refractivity contribution >= 4 is 17.7 Å². The van der Waals surface area contributed by atoms with Gasteiger partial charge in [-0.05, 0) is 35.4 Å². The van der Waals surface area contributed by atoms with Crippen LogP contribution < -0.4 is 0 Å². The van der Waals surface area contributed by atoms with Crippen molar-refractivity contribution in [2.24, 2.45) is 0 Å². The molecule has 3 aromatic carbocycles. The summed E-state index contributed by atoms with van der Waals surface area (Å²) in [6.07, 6.45) is 0. The number of benzene rings is 3. The lowest BCUT2D eigenvalue weighted by molar-refractivity contribution is -0.128. The Kier molecular flexibility index (Phi) is 6.43. The van der Waals surface area contributed by atoms with Gasteiger partial charge in [0.1, 0.15) is 5.82 Å². The van der Waals surface area contributed by atoms with Gasteiger partial charge in [-0.3, -0.25) is 4.79 Å². The average molecular weight is 434 g/mol. The van der Waals surface area contributed by atoms with Crippen molar-refractivity contribution in [2.75, 3.05) is 12.8 Å². The van der Waals surface area contributed by atoms with Gasteiger partial charge < -0.3 is 9.32 Å². The van der Waals surface area contributed by atoms with Crippen molar-refractivity contribution in [3.8, 4) is 11.5 Å². The Labute approximate surface area is 183 Å². The van der Waals surface area contributed by atoms with Gasteiger partial charge in [-0.2, -0.15) is 0 Å². The van der Waals surface area contributed by atoms with Crippen molar-refractivity contribution in [1.29, 1.82) is 0 Å². The molecule has 0 unspecified atom stereocenters. The minimum Gasteiger partial charge on any atom is -0.411 e. The second-order valence-corrected chi connectivity index (χ2v) is 7.82. The van der Waals surface area contributed by atoms with Crippen LogP contribution in [0.1, 0.15) is 17.2 Å². The first kappa shape index (κ1) is 20.8. The lowest BCUT2D eigenvalue weighted by Crippen LogP contribution is -2.33. The summed E-state index contributed by atoms with van der Waals surface area (Å²) in [5, 5.41) is 8.26. The number of nitrogens with zero attached hydrogens (tertiary/aromatic N) is 3. The van der Waals surface area contributed by atoms with Gasteiger partial charge in [0, 0.05) is 12.6 Å². The third-order valence-electron chi connectivity index (χ3n) is 4.83. The predicted molar refractivity (Wildman–Crippen MR) is 118 cm³/mol. The molecule has 0 aliphatic carbocycles. The summed E-state index contributed by atoms with van der Waals surface area (Å²) in [6, 6.07) is 25.4. The van der Waals surface area contributed by atoms with Gasteiger partial charge in [-0.1, -0.05) is 72.4 Å². The fourth-order valence-corrected chi connectivity index (χ4v) is 3.94. The average Bonchev–Trinajstić information content (AvgIpc) is 3.28. The Hall–Kier alpha value is -3.45. The fourth-order valence-electron chi connectivity index (χ4n) is 3.26. The molecule has 156 valence electrons. The molecule has 0 bridgehead atoms. The molecule has 0 aliphatic heterocycles. The molecule has 0 N–H and O–H groups in total. The molecule has 0 spiro atoms. The van der Waals surface area contributed by atoms with Crippen LogP contribution in [0.25, 0.3) is 11.5 Å². The number of carbonyl (C=O) groups excluding carboxylic acids is 1. The maximum Gasteiger partial charge on any atom is 0.277 e. The second-order valence-electron chi connectivity index (χ2n) is 6.90. The first-order valence-electron chi connectivity index (χ1n) is 9.69. The van der Waals surface area contributed by atoms with Crippen LogP contribution in [-0.2, 0) is 4.79 Å². The first-order valence-corrected chi connectivity index (χ1v) is 10.7. The van der Waals surface area contributed by atoms with Crippen LogP contribution in [0, 0.1) is 5.82 Å². The third-order valence-corrected chi connectivity index (χ3v) is 5.63. The number of amides is 1. The summed E-state index contributed by atoms with van der Waals surface area (Å²) >= 11 is 1.18. The zero-order chi connectivity index (χ0) is 21.6. The minimum absolute atomic E-state index is 0.0655. The quantitative estimate of drug-likeness (QED) is 0.374. The van der Waals surface area contributed by atoms with Crippen LogP contribution in [0.15, 0.2) is 94.6 Å². The molecule has 5 nitrogen and oxygen atoms in total. The van der Waals surface area contributed by atoms with E-state index in [1.807, 2.05) is 60.7 Å². The van der Waals surface area contributed by atoms with Crippen molar-refractivity contribution in [3.05, 3.63) is 102 Å². The summed E-state index contributed by atoms with van der Waals surface area (Å²) in [6.45, 7) is 0. The standard InChI is InChI=1S/C24H20FN3O2S/c1-28(22(17-8-4-2-5-9-17)18-10-6-3-7-11-18)21(29)16-31-24-27-26-23(30-24)19-12-14-20(25)15-13-19/h2-15,22H,16H2,1H3. The second kappa shape index (κ2) is 9.57. The lowest BCUT2D eigenvalue weighted by atomic mass is 9.97. The largest absolute Gasteiger partial charge is 0.411 e. The highest BCUT2D eigenvalue weighted by Crippen LogP contribution is 2.29. The summed E-state index contributed by atoms with van der Waals surface area (Å²) in [5.74, 6) is 0.0365. The van der Waals surface area contributed by atoms with Gasteiger partial charge in [0.2, 0.25) is 11.8 Å². The van der Waals surface area contributed by atoms with E-state index in [2.05, 4.69) is 10.2 Å². The Balaban J connectivity index is 1.46. The Morgan fingerprint density at radius 1 is 0.935 bits per heavy atom. The van der Waals surface area contributed by atoms with Crippen LogP contribution in [0.4, 0.5) is 4.39 Å². The van der Waals surface area contributed by atoms with E-state index in [4.69, 9.17) is 4.42 Å². The smallest absolute Gasteiger partial charge is 0.277 e. The SMILES string of the molecule is CN(C(=O)CSc1nnc(-c2ccc(F)cc2)o1)C(c1ccccc1)c1ccccc1. The number of thioether (sulfide) groups is 1. The van der Waals surface area contributed by atoms with Crippen LogP contribution in [-0.4, -0.2) is 33.8 Å². The highest BCUT2D eigenvalue weighted by atomic mass is 32.2. The summed E-state index contributed by atoms with van der Waals surface area (Å²) < 4.78 is 18.7. The van der Waals surface area contributed by atoms with Gasteiger partial charge >= 0.3 is 0 Å². The summed E-state index contributed by atoms with van der Waals surface area (Å²) in [4.78, 5) is 14.7.